The van der Waals surface area contributed by atoms with E-state index in [1.807, 2.05) is 6.33 Å². The maximum Gasteiger partial charge on any atom is 0.263 e. The summed E-state index contributed by atoms with van der Waals surface area (Å²) < 4.78 is 30.1. The molecule has 2 saturated carbocycles. The number of imidazole rings is 1. The average Bonchev–Trinajstić information content (AvgIpc) is 3.68. The molecule has 2 aliphatic rings. The number of nitrogens with zero attached hydrogens (tertiary/aromatic N) is 5. The Morgan fingerprint density at radius 1 is 0.950 bits per heavy atom. The first kappa shape index (κ1) is 30.3. The summed E-state index contributed by atoms with van der Waals surface area (Å²) in [6.07, 6.45) is 12.0. The van der Waals surface area contributed by atoms with Crippen molar-refractivity contribution in [2.45, 2.75) is 74.4 Å². The minimum atomic E-state index is -3.73. The van der Waals surface area contributed by atoms with E-state index in [1.165, 1.54) is 24.2 Å². The van der Waals surface area contributed by atoms with Crippen LogP contribution in [0.2, 0.25) is 0 Å². The highest BCUT2D eigenvalue weighted by atomic mass is 35.5. The fraction of sp³-hybridized carbons (Fsp3) is 0.440. The Morgan fingerprint density at radius 3 is 2.35 bits per heavy atom. The van der Waals surface area contributed by atoms with E-state index < -0.39 is 10.0 Å². The van der Waals surface area contributed by atoms with Crippen LogP contribution in [0, 0.1) is 0 Å². The normalized spacial score (nSPS) is 19.5. The maximum atomic E-state index is 12.7. The third-order valence-electron chi connectivity index (χ3n) is 7.33. The number of sulfonamides is 1. The Balaban J connectivity index is 0.00000185. The number of thiazole rings is 1. The smallest absolute Gasteiger partial charge is 0.263 e. The van der Waals surface area contributed by atoms with Crippen molar-refractivity contribution in [2.75, 3.05) is 15.4 Å². The summed E-state index contributed by atoms with van der Waals surface area (Å²) in [7, 11) is -3.73. The van der Waals surface area contributed by atoms with Crippen molar-refractivity contribution >= 4 is 79.9 Å². The minimum Gasteiger partial charge on any atom is -0.351 e. The molecule has 2 aliphatic carbocycles. The number of halogens is 2. The molecule has 2 fully saturated rings. The fourth-order valence-corrected chi connectivity index (χ4v) is 7.05. The molecule has 6 rings (SSSR count). The highest BCUT2D eigenvalue weighted by Crippen LogP contribution is 2.34. The molecule has 0 spiro atoms. The number of rotatable bonds is 8. The first-order chi connectivity index (χ1) is 18.4. The Bertz CT molecular complexity index is 1500. The number of hydrogen-bond acceptors (Lipinski definition) is 10. The van der Waals surface area contributed by atoms with Gasteiger partial charge in [-0.3, -0.25) is 4.72 Å². The van der Waals surface area contributed by atoms with Crippen LogP contribution >= 0.6 is 36.2 Å². The molecule has 0 radical (unpaired) electrons. The molecule has 0 saturated heterocycles. The highest BCUT2D eigenvalue weighted by molar-refractivity contribution is 7.93. The second-order valence-electron chi connectivity index (χ2n) is 10.0. The van der Waals surface area contributed by atoms with Crippen molar-refractivity contribution in [3.8, 4) is 0 Å². The second kappa shape index (κ2) is 12.9. The maximum absolute atomic E-state index is 12.7. The number of benzene rings is 1. The van der Waals surface area contributed by atoms with E-state index in [0.717, 1.165) is 44.2 Å². The highest BCUT2D eigenvalue weighted by Gasteiger charge is 2.24. The summed E-state index contributed by atoms with van der Waals surface area (Å²) in [5.41, 5.74) is 8.29. The van der Waals surface area contributed by atoms with Crippen LogP contribution in [0.25, 0.3) is 11.2 Å². The fourth-order valence-electron chi connectivity index (χ4n) is 5.27. The van der Waals surface area contributed by atoms with Crippen LogP contribution < -0.4 is 21.1 Å². The summed E-state index contributed by atoms with van der Waals surface area (Å²) >= 11 is 1.23. The Morgan fingerprint density at radius 2 is 1.68 bits per heavy atom. The Hall–Kier alpha value is -2.71. The van der Waals surface area contributed by atoms with Gasteiger partial charge in [0, 0.05) is 35.4 Å². The summed E-state index contributed by atoms with van der Waals surface area (Å²) in [6, 6.07) is 7.47. The predicted molar refractivity (Wildman–Crippen MR) is 164 cm³/mol. The van der Waals surface area contributed by atoms with Gasteiger partial charge < -0.3 is 20.9 Å². The lowest BCUT2D eigenvalue weighted by Crippen LogP contribution is -2.33. The van der Waals surface area contributed by atoms with Crippen LogP contribution in [0.3, 0.4) is 0 Å². The van der Waals surface area contributed by atoms with E-state index in [4.69, 9.17) is 15.7 Å². The summed E-state index contributed by atoms with van der Waals surface area (Å²) in [5, 5.41) is 8.92. The molecule has 216 valence electrons. The molecular weight excluding hydrogens is 593 g/mol. The first-order valence-electron chi connectivity index (χ1n) is 13.0. The van der Waals surface area contributed by atoms with Crippen LogP contribution in [-0.2, 0) is 10.0 Å². The van der Waals surface area contributed by atoms with E-state index in [9.17, 15) is 8.42 Å². The van der Waals surface area contributed by atoms with Crippen molar-refractivity contribution in [2.24, 2.45) is 5.73 Å². The second-order valence-corrected chi connectivity index (χ2v) is 12.6. The van der Waals surface area contributed by atoms with Crippen LogP contribution in [0.1, 0.15) is 57.4 Å². The molecule has 40 heavy (non-hydrogen) atoms. The van der Waals surface area contributed by atoms with Crippen molar-refractivity contribution in [1.29, 1.82) is 0 Å². The molecular formula is C25H33Cl2N9O2S2. The lowest BCUT2D eigenvalue weighted by molar-refractivity contribution is 0.410. The molecule has 0 atom stereocenters. The molecule has 4 aromatic rings. The van der Waals surface area contributed by atoms with E-state index >= 15 is 0 Å². The lowest BCUT2D eigenvalue weighted by atomic mass is 9.92. The van der Waals surface area contributed by atoms with Gasteiger partial charge in [-0.1, -0.05) is 12.8 Å². The van der Waals surface area contributed by atoms with Gasteiger partial charge >= 0.3 is 0 Å². The van der Waals surface area contributed by atoms with Gasteiger partial charge in [-0.2, -0.15) is 9.97 Å². The average molecular weight is 627 g/mol. The quantitative estimate of drug-likeness (QED) is 0.200. The van der Waals surface area contributed by atoms with Gasteiger partial charge in [0.05, 0.1) is 11.2 Å². The molecule has 0 unspecified atom stereocenters. The van der Waals surface area contributed by atoms with Gasteiger partial charge in [0.15, 0.2) is 22.1 Å². The Kier molecular flexibility index (Phi) is 9.72. The monoisotopic (exact) mass is 625 g/mol. The van der Waals surface area contributed by atoms with Gasteiger partial charge in [-0.05, 0) is 62.8 Å². The van der Waals surface area contributed by atoms with Crippen molar-refractivity contribution in [1.82, 2.24) is 24.5 Å². The van der Waals surface area contributed by atoms with Crippen molar-refractivity contribution < 1.29 is 8.42 Å². The van der Waals surface area contributed by atoms with Crippen LogP contribution in [0.4, 0.5) is 22.6 Å². The summed E-state index contributed by atoms with van der Waals surface area (Å²) in [6.45, 7) is 0. The lowest BCUT2D eigenvalue weighted by Gasteiger charge is -2.27. The van der Waals surface area contributed by atoms with Gasteiger partial charge in [-0.15, -0.1) is 36.2 Å². The van der Waals surface area contributed by atoms with E-state index in [-0.39, 0.29) is 41.8 Å². The number of nitrogens with two attached hydrogens (primary N) is 1. The van der Waals surface area contributed by atoms with Crippen molar-refractivity contribution in [3.05, 3.63) is 42.2 Å². The molecule has 15 heteroatoms. The standard InChI is InChI=1S/C25H31N9O2S2.2ClH/c26-16-5-7-18(8-6-16)30-24-31-22(21-23(32-24)34(15-28-21)19-3-1-2-4-19)29-17-9-11-20(12-10-17)38(35,36)33-25-27-13-14-37-25;;/h9-16,18-19H,1-8,26H2,(H,27,33)(H2,29,30,31,32);2*1H/t16-,18-;;. The van der Waals surface area contributed by atoms with Crippen LogP contribution in [0.5, 0.6) is 0 Å². The molecule has 0 amide bonds. The minimum absolute atomic E-state index is 0. The molecule has 5 N–H and O–H groups in total. The van der Waals surface area contributed by atoms with Crippen molar-refractivity contribution in [3.63, 3.8) is 0 Å². The molecule has 0 aliphatic heterocycles. The summed E-state index contributed by atoms with van der Waals surface area (Å²) in [4.78, 5) is 18.5. The first-order valence-corrected chi connectivity index (χ1v) is 15.4. The van der Waals surface area contributed by atoms with Gasteiger partial charge in [0.1, 0.15) is 0 Å². The third-order valence-corrected chi connectivity index (χ3v) is 9.50. The zero-order valence-corrected chi connectivity index (χ0v) is 25.0. The molecule has 3 aromatic heterocycles. The number of anilines is 4. The van der Waals surface area contributed by atoms with Crippen LogP contribution in [-0.4, -0.2) is 45.0 Å². The molecule has 0 bridgehead atoms. The van der Waals surface area contributed by atoms with Gasteiger partial charge in [-0.25, -0.2) is 18.4 Å². The van der Waals surface area contributed by atoms with Gasteiger partial charge in [0.25, 0.3) is 10.0 Å². The number of fused-ring (bicyclic) bond motifs is 1. The topological polar surface area (TPSA) is 153 Å². The zero-order valence-electron chi connectivity index (χ0n) is 21.7. The largest absolute Gasteiger partial charge is 0.351 e. The van der Waals surface area contributed by atoms with Crippen LogP contribution in [0.15, 0.2) is 47.1 Å². The van der Waals surface area contributed by atoms with Gasteiger partial charge in [0.2, 0.25) is 5.95 Å². The number of nitrogens with one attached hydrogen (secondary N) is 3. The zero-order chi connectivity index (χ0) is 26.1. The third kappa shape index (κ3) is 6.60. The Labute approximate surface area is 249 Å². The summed E-state index contributed by atoms with van der Waals surface area (Å²) in [5.74, 6) is 1.14. The SMILES string of the molecule is Cl.Cl.N[C@H]1CC[C@H](Nc2nc(Nc3ccc(S(=O)(=O)Nc4nccs4)cc3)c3ncn(C4CCCC4)c3n2)CC1. The van der Waals surface area contributed by atoms with E-state index in [0.29, 0.717) is 34.1 Å². The number of aromatic nitrogens is 5. The predicted octanol–water partition coefficient (Wildman–Crippen LogP) is 5.47. The molecule has 1 aromatic carbocycles. The van der Waals surface area contributed by atoms with E-state index in [2.05, 4.69) is 29.9 Å². The molecule has 11 nitrogen and oxygen atoms in total. The molecule has 3 heterocycles. The number of hydrogen-bond donors (Lipinski definition) is 4. The van der Waals surface area contributed by atoms with E-state index in [1.54, 1.807) is 35.8 Å².